The van der Waals surface area contributed by atoms with Gasteiger partial charge in [-0.3, -0.25) is 9.59 Å². The van der Waals surface area contributed by atoms with E-state index >= 15 is 0 Å². The van der Waals surface area contributed by atoms with Gasteiger partial charge < -0.3 is 18.9 Å². The van der Waals surface area contributed by atoms with Crippen LogP contribution in [0.5, 0.6) is 11.5 Å². The van der Waals surface area contributed by atoms with E-state index in [2.05, 4.69) is 0 Å². The van der Waals surface area contributed by atoms with Gasteiger partial charge in [0, 0.05) is 11.1 Å². The van der Waals surface area contributed by atoms with Crippen LogP contribution in [0.25, 0.3) is 0 Å². The van der Waals surface area contributed by atoms with E-state index in [-0.39, 0.29) is 68.9 Å². The van der Waals surface area contributed by atoms with E-state index in [9.17, 15) is 28.8 Å². The lowest BCUT2D eigenvalue weighted by Gasteiger charge is -2.18. The highest BCUT2D eigenvalue weighted by Crippen LogP contribution is 2.27. The number of para-hydroxylation sites is 2. The van der Waals surface area contributed by atoms with Crippen LogP contribution in [0.4, 0.5) is 9.59 Å². The summed E-state index contributed by atoms with van der Waals surface area (Å²) in [6, 6.07) is 23.0. The Kier molecular flexibility index (Phi) is 12.3. The summed E-state index contributed by atoms with van der Waals surface area (Å²) in [5, 5.41) is 0. The van der Waals surface area contributed by atoms with Gasteiger partial charge in [-0.2, -0.15) is 0 Å². The Bertz CT molecular complexity index is 1840. The first-order valence-electron chi connectivity index (χ1n) is 16.1. The van der Waals surface area contributed by atoms with Gasteiger partial charge >= 0.3 is 24.2 Å². The fraction of sp³-hybridized carbons (Fsp3) is 0.250. The minimum Gasteiger partial charge on any atom is -0.433 e. The van der Waals surface area contributed by atoms with E-state index in [4.69, 9.17) is 28.7 Å². The van der Waals surface area contributed by atoms with Crippen molar-refractivity contribution in [3.8, 4) is 11.5 Å². The number of hydrogen-bond acceptors (Lipinski definition) is 12. The second-order valence-electron chi connectivity index (χ2n) is 13.9. The van der Waals surface area contributed by atoms with Gasteiger partial charge in [-0.1, -0.05) is 102 Å². The fourth-order valence-electron chi connectivity index (χ4n) is 4.45. The minimum atomic E-state index is -1.20. The highest BCUT2D eigenvalue weighted by molar-refractivity contribution is 6.17. The third-order valence-corrected chi connectivity index (χ3v) is 6.87. The maximum Gasteiger partial charge on any atom is 0.513 e. The predicted octanol–water partition coefficient (Wildman–Crippen LogP) is 8.20. The zero-order valence-electron chi connectivity index (χ0n) is 29.6. The van der Waals surface area contributed by atoms with E-state index in [0.29, 0.717) is 0 Å². The molecule has 0 unspecified atom stereocenters. The summed E-state index contributed by atoms with van der Waals surface area (Å²) in [6.45, 7) is 11.4. The molecule has 0 spiro atoms. The van der Waals surface area contributed by atoms with Gasteiger partial charge in [0.05, 0.1) is 35.5 Å². The van der Waals surface area contributed by atoms with Gasteiger partial charge in [0.2, 0.25) is 0 Å². The lowest BCUT2D eigenvalue weighted by molar-refractivity contribution is -0.187. The van der Waals surface area contributed by atoms with E-state index in [0.717, 1.165) is 0 Å². The summed E-state index contributed by atoms with van der Waals surface area (Å²) in [4.78, 5) is 88.1. The number of carbonyl (C=O) groups excluding carboxylic acids is 6. The van der Waals surface area contributed by atoms with Crippen LogP contribution in [0, 0.1) is 10.8 Å². The van der Waals surface area contributed by atoms with Crippen LogP contribution in [-0.2, 0) is 19.2 Å². The summed E-state index contributed by atoms with van der Waals surface area (Å²) < 4.78 is 20.9. The summed E-state index contributed by atoms with van der Waals surface area (Å²) in [5.41, 5.74) is -1.56. The van der Waals surface area contributed by atoms with Crippen LogP contribution in [-0.4, -0.2) is 49.0 Å². The zero-order valence-corrected chi connectivity index (χ0v) is 29.6. The van der Waals surface area contributed by atoms with Crippen molar-refractivity contribution < 1.29 is 57.5 Å². The molecule has 4 rings (SSSR count). The van der Waals surface area contributed by atoms with Crippen molar-refractivity contribution in [3.63, 3.8) is 0 Å². The molecule has 0 radical (unpaired) electrons. The number of ketones is 2. The second-order valence-corrected chi connectivity index (χ2v) is 13.9. The summed E-state index contributed by atoms with van der Waals surface area (Å²) in [7, 11) is 0. The van der Waals surface area contributed by atoms with Gasteiger partial charge in [0.1, 0.15) is 11.5 Å². The summed E-state index contributed by atoms with van der Waals surface area (Å²) >= 11 is 0. The Morgan fingerprint density at radius 3 is 1.04 bits per heavy atom. The number of rotatable bonds is 10. The van der Waals surface area contributed by atoms with Crippen LogP contribution in [0.1, 0.15) is 94.1 Å². The quantitative estimate of drug-likeness (QED) is 0.0511. The molecular formula is C40H38O12. The molecule has 0 saturated heterocycles. The lowest BCUT2D eigenvalue weighted by Crippen LogP contribution is -2.21. The number of carbonyl (C=O) groups is 6. The first kappa shape index (κ1) is 38.5. The van der Waals surface area contributed by atoms with Crippen LogP contribution in [0.15, 0.2) is 97.1 Å². The Morgan fingerprint density at radius 1 is 0.423 bits per heavy atom. The van der Waals surface area contributed by atoms with Gasteiger partial charge in [0.25, 0.3) is 0 Å². The molecule has 12 nitrogen and oxygen atoms in total. The Morgan fingerprint density at radius 2 is 0.712 bits per heavy atom. The fourth-order valence-corrected chi connectivity index (χ4v) is 4.45. The Hall–Kier alpha value is -6.30. The molecule has 0 aliphatic rings. The molecule has 0 N–H and O–H groups in total. The molecule has 0 fully saturated rings. The standard InChI is InChI=1S/C40H38O12/c1-39(2,3)23-47-37(45)49-31-21-13-11-19-29(31)33(41)25-15-7-9-17-27(25)35(43)51-52-36(44)28-18-10-8-16-26(28)34(42)30-20-12-14-22-32(30)50-38(46)48-24-40(4,5)6/h7-22H,23-24H2,1-6H3. The average molecular weight is 711 g/mol. The van der Waals surface area contributed by atoms with Crippen molar-refractivity contribution >= 4 is 35.8 Å². The van der Waals surface area contributed by atoms with Gasteiger partial charge in [0.15, 0.2) is 11.6 Å². The normalized spacial score (nSPS) is 11.1. The molecule has 0 aliphatic heterocycles. The van der Waals surface area contributed by atoms with Gasteiger partial charge in [-0.25, -0.2) is 29.0 Å². The van der Waals surface area contributed by atoms with E-state index in [1.54, 1.807) is 24.3 Å². The molecule has 4 aromatic rings. The molecule has 4 aromatic carbocycles. The molecule has 12 heteroatoms. The molecule has 0 heterocycles. The van der Waals surface area contributed by atoms with Crippen molar-refractivity contribution in [3.05, 3.63) is 130 Å². The highest BCUT2D eigenvalue weighted by Gasteiger charge is 2.27. The average Bonchev–Trinajstić information content (AvgIpc) is 3.11. The third kappa shape index (κ3) is 10.6. The topological polar surface area (TPSA) is 158 Å². The second kappa shape index (κ2) is 16.6. The zero-order chi connectivity index (χ0) is 38.1. The van der Waals surface area contributed by atoms with Crippen LogP contribution >= 0.6 is 0 Å². The molecule has 0 aromatic heterocycles. The highest BCUT2D eigenvalue weighted by atomic mass is 17.2. The molecule has 0 saturated carbocycles. The van der Waals surface area contributed by atoms with Crippen LogP contribution in [0.3, 0.4) is 0 Å². The largest absolute Gasteiger partial charge is 0.513 e. The SMILES string of the molecule is CC(C)(C)COC(=O)Oc1ccccc1C(=O)c1ccccc1C(=O)OOC(=O)c1ccccc1C(=O)c1ccccc1OC(=O)OCC(C)(C)C. The molecule has 0 aliphatic carbocycles. The van der Waals surface area contributed by atoms with E-state index in [1.807, 2.05) is 41.5 Å². The monoisotopic (exact) mass is 710 g/mol. The van der Waals surface area contributed by atoms with Crippen molar-refractivity contribution in [2.75, 3.05) is 13.2 Å². The number of benzene rings is 4. The Labute approximate surface area is 300 Å². The first-order valence-corrected chi connectivity index (χ1v) is 16.1. The van der Waals surface area contributed by atoms with Gasteiger partial charge in [-0.15, -0.1) is 0 Å². The number of ether oxygens (including phenoxy) is 4. The van der Waals surface area contributed by atoms with Crippen molar-refractivity contribution in [1.82, 2.24) is 0 Å². The molecule has 270 valence electrons. The minimum absolute atomic E-state index is 0.0494. The summed E-state index contributed by atoms with van der Waals surface area (Å²) in [6.07, 6.45) is -2.02. The predicted molar refractivity (Wildman–Crippen MR) is 186 cm³/mol. The maximum absolute atomic E-state index is 13.7. The van der Waals surface area contributed by atoms with Crippen molar-refractivity contribution in [2.24, 2.45) is 10.8 Å². The third-order valence-electron chi connectivity index (χ3n) is 6.87. The van der Waals surface area contributed by atoms with Gasteiger partial charge in [-0.05, 0) is 47.2 Å². The molecule has 52 heavy (non-hydrogen) atoms. The Balaban J connectivity index is 1.50. The van der Waals surface area contributed by atoms with Crippen molar-refractivity contribution in [2.45, 2.75) is 41.5 Å². The smallest absolute Gasteiger partial charge is 0.433 e. The van der Waals surface area contributed by atoms with E-state index < -0.39 is 35.8 Å². The lowest BCUT2D eigenvalue weighted by atomic mass is 9.97. The molecule has 0 amide bonds. The number of hydrogen-bond donors (Lipinski definition) is 0. The molecular weight excluding hydrogens is 672 g/mol. The molecule has 0 atom stereocenters. The van der Waals surface area contributed by atoms with E-state index in [1.165, 1.54) is 72.8 Å². The molecule has 0 bridgehead atoms. The summed E-state index contributed by atoms with van der Waals surface area (Å²) in [5.74, 6) is -3.99. The van der Waals surface area contributed by atoms with Crippen LogP contribution in [0.2, 0.25) is 0 Å². The van der Waals surface area contributed by atoms with Crippen molar-refractivity contribution in [1.29, 1.82) is 0 Å². The maximum atomic E-state index is 13.7. The van der Waals surface area contributed by atoms with Crippen LogP contribution < -0.4 is 9.47 Å². The first-order chi connectivity index (χ1) is 24.5.